The second kappa shape index (κ2) is 42.2. The molecule has 0 saturated heterocycles. The van der Waals surface area contributed by atoms with E-state index in [1.165, 1.54) is 4.68 Å². The van der Waals surface area contributed by atoms with E-state index < -0.39 is 52.1 Å². The predicted octanol–water partition coefficient (Wildman–Crippen LogP) is 17.1. The summed E-state index contributed by atoms with van der Waals surface area (Å²) in [5.41, 5.74) is 9.90. The number of carbonyl (C=O) groups excluding carboxylic acids is 6. The molecule has 0 bridgehead atoms. The van der Waals surface area contributed by atoms with E-state index in [1.807, 2.05) is 68.3 Å². The summed E-state index contributed by atoms with van der Waals surface area (Å²) < 4.78 is 149. The number of rotatable bonds is 25. The van der Waals surface area contributed by atoms with Crippen molar-refractivity contribution >= 4 is 34.6 Å². The van der Waals surface area contributed by atoms with Crippen LogP contribution >= 0.6 is 0 Å². The Balaban J connectivity index is 0.000000395. The van der Waals surface area contributed by atoms with E-state index in [9.17, 15) is 39.5 Å². The van der Waals surface area contributed by atoms with Crippen LogP contribution in [0, 0.1) is 38.5 Å². The third-order valence-electron chi connectivity index (χ3n) is 14.3. The number of pyridine rings is 3. The highest BCUT2D eigenvalue weighted by atomic mass is 28.3. The molecule has 0 fully saturated rings. The fourth-order valence-corrected chi connectivity index (χ4v) is 10.5. The average molecular weight is 1540 g/mol. The van der Waals surface area contributed by atoms with Gasteiger partial charge in [0.15, 0.2) is 17.5 Å². The van der Waals surface area contributed by atoms with Crippen molar-refractivity contribution in [2.45, 2.75) is 153 Å². The smallest absolute Gasteiger partial charge is 0.453 e. The molecule has 3 aromatic carbocycles. The molecule has 1 N–H and O–H groups in total. The van der Waals surface area contributed by atoms with E-state index in [-0.39, 0.29) is 56.8 Å². The van der Waals surface area contributed by atoms with Gasteiger partial charge in [-0.15, -0.1) is 10.2 Å². The Morgan fingerprint density at radius 3 is 1.09 bits per heavy atom. The maximum atomic E-state index is 13.5. The molecule has 23 nitrogen and oxygen atoms in total. The number of halogens is 9. The maximum Gasteiger partial charge on any atom is 0.453 e. The fraction of sp³-hybridized carbons (Fsp3) is 0.425. The largest absolute Gasteiger partial charge is 0.477 e. The molecule has 9 rings (SSSR count). The zero-order valence-electron chi connectivity index (χ0n) is 61.3. The molecule has 0 unspecified atom stereocenters. The van der Waals surface area contributed by atoms with Crippen LogP contribution in [0.1, 0.15) is 83.1 Å². The molecule has 0 aliphatic heterocycles. The van der Waals surface area contributed by atoms with Gasteiger partial charge in [-0.2, -0.15) is 73.4 Å². The second-order valence-electron chi connectivity index (χ2n) is 27.3. The van der Waals surface area contributed by atoms with Gasteiger partial charge in [0.25, 0.3) is 5.82 Å². The molecule has 6 aromatic heterocycles. The maximum absolute atomic E-state index is 13.5. The Hall–Kier alpha value is -10.2. The normalized spacial score (nSPS) is 11.3. The summed E-state index contributed by atoms with van der Waals surface area (Å²) in [6.45, 7) is 33.7. The molecule has 9 aromatic rings. The summed E-state index contributed by atoms with van der Waals surface area (Å²) >= 11 is 0. The van der Waals surface area contributed by atoms with Crippen LogP contribution in [0.2, 0.25) is 51.4 Å². The molecule has 0 aliphatic carbocycles. The number of nitrogens with one attached hydrogen (secondary N) is 1. The summed E-state index contributed by atoms with van der Waals surface area (Å²) in [5.74, 6) is -0.324. The number of hydrogen-bond donors (Lipinski definition) is 1. The van der Waals surface area contributed by atoms with Crippen LogP contribution in [0.3, 0.4) is 0 Å². The van der Waals surface area contributed by atoms with Crippen molar-refractivity contribution in [2.75, 3.05) is 33.0 Å². The van der Waals surface area contributed by atoms with Gasteiger partial charge in [0.05, 0.1) is 19.8 Å². The van der Waals surface area contributed by atoms with Crippen LogP contribution in [0.4, 0.5) is 39.5 Å². The van der Waals surface area contributed by atoms with Gasteiger partial charge in [-0.25, -0.2) is 39.3 Å². The first-order valence-electron chi connectivity index (χ1n) is 32.9. The van der Waals surface area contributed by atoms with Gasteiger partial charge in [-0.1, -0.05) is 161 Å². The number of hydrogen-bond acceptors (Lipinski definition) is 20. The monoisotopic (exact) mass is 1540 g/mol. The molecule has 578 valence electrons. The molecule has 6 heterocycles. The topological polar surface area (TPSA) is 290 Å². The van der Waals surface area contributed by atoms with Gasteiger partial charge in [0.1, 0.15) is 13.5 Å². The van der Waals surface area contributed by atoms with E-state index in [0.717, 1.165) is 66.8 Å². The van der Waals surface area contributed by atoms with Crippen LogP contribution in [0.15, 0.2) is 110 Å². The summed E-state index contributed by atoms with van der Waals surface area (Å²) in [4.78, 5) is 72.9. The van der Waals surface area contributed by atoms with Gasteiger partial charge in [-0.05, 0) is 84.0 Å². The van der Waals surface area contributed by atoms with Crippen molar-refractivity contribution in [3.63, 3.8) is 0 Å². The Bertz CT molecular complexity index is 4280. The van der Waals surface area contributed by atoms with Crippen molar-refractivity contribution in [1.82, 2.24) is 59.7 Å². The number of nitrogens with zero attached hydrogens (tertiary/aromatic N) is 11. The molecule has 107 heavy (non-hydrogen) atoms. The van der Waals surface area contributed by atoms with Gasteiger partial charge in [-0.3, -0.25) is 5.10 Å². The van der Waals surface area contributed by atoms with Crippen molar-refractivity contribution < 1.29 is 92.0 Å². The first-order chi connectivity index (χ1) is 49.6. The number of ether oxygens (including phenoxy) is 5. The molecule has 0 spiro atoms. The first kappa shape index (κ1) is 91.0. The van der Waals surface area contributed by atoms with Gasteiger partial charge in [0, 0.05) is 99.5 Å². The molecule has 0 radical (unpaired) electrons. The summed E-state index contributed by atoms with van der Waals surface area (Å²) in [5, 5.41) is 13.3. The lowest BCUT2D eigenvalue weighted by Crippen LogP contribution is -2.23. The molecule has 0 saturated carbocycles. The third kappa shape index (κ3) is 31.0. The number of alkyl halides is 9. The van der Waals surface area contributed by atoms with Crippen LogP contribution in [0.25, 0.3) is 67.5 Å². The minimum atomic E-state index is -4.64. The summed E-state index contributed by atoms with van der Waals surface area (Å²) in [6, 6.07) is 28.6. The van der Waals surface area contributed by atoms with E-state index >= 15 is 0 Å². The number of aromatic nitrogens is 12. The molecule has 34 heteroatoms. The molecular formula is C73H89F9N12O11Si2. The Kier molecular flexibility index (Phi) is 35.9. The van der Waals surface area contributed by atoms with Crippen LogP contribution in [-0.4, -0.2) is 127 Å². The Labute approximate surface area is 616 Å². The predicted molar refractivity (Wildman–Crippen MR) is 383 cm³/mol. The average Bonchev–Trinajstić information content (AvgIpc) is 1.69. The van der Waals surface area contributed by atoms with Crippen LogP contribution in [-0.2, 0) is 70.2 Å². The van der Waals surface area contributed by atoms with Crippen molar-refractivity contribution in [3.8, 4) is 85.2 Å². The van der Waals surface area contributed by atoms with Crippen molar-refractivity contribution in [2.24, 2.45) is 17.8 Å². The highest BCUT2D eigenvalue weighted by Gasteiger charge is 2.39. The Morgan fingerprint density at radius 1 is 0.449 bits per heavy atom. The fourth-order valence-electron chi connectivity index (χ4n) is 8.99. The first-order valence-corrected chi connectivity index (χ1v) is 40.3. The summed E-state index contributed by atoms with van der Waals surface area (Å²) in [7, 11) is -2.66. The lowest BCUT2D eigenvalue weighted by atomic mass is 10.0. The zero-order chi connectivity index (χ0) is 79.3. The third-order valence-corrected chi connectivity index (χ3v) is 17.7. The summed E-state index contributed by atoms with van der Waals surface area (Å²) in [6.07, 6.45) is -7.85. The molecule has 0 amide bonds. The minimum absolute atomic E-state index is 0. The van der Waals surface area contributed by atoms with Gasteiger partial charge >= 0.3 is 37.0 Å². The highest BCUT2D eigenvalue weighted by Crippen LogP contribution is 2.35. The molecule has 0 aliphatic rings. The number of aryl methyl sites for hydroxylation is 3. The molecular weight excluding hydrogens is 1450 g/mol. The highest BCUT2D eigenvalue weighted by molar-refractivity contribution is 6.76. The molecule has 0 atom stereocenters. The van der Waals surface area contributed by atoms with Crippen molar-refractivity contribution in [3.05, 3.63) is 144 Å². The van der Waals surface area contributed by atoms with Gasteiger partial charge < -0.3 is 23.7 Å². The zero-order valence-corrected chi connectivity index (χ0v) is 63.3. The second-order valence-corrected chi connectivity index (χ2v) is 38.6. The van der Waals surface area contributed by atoms with Crippen LogP contribution in [0.5, 0.6) is 17.6 Å². The number of benzene rings is 3. The van der Waals surface area contributed by atoms with Gasteiger partial charge in [0.2, 0.25) is 29.3 Å². The SMILES string of the molecule is C.Cc1cc(OCC(C)C)ncc1-c1ccc(-c2n[nH]c(C(F)(F)F)n2)cc1.Cc1cc(OCC(C)C)ncc1-c1ccc(-c2nc(C(F)(F)F)n(COCC[Si](C)(C)C)n2)cc1.Cc1cc(OCC(C)C)ncc1-c1ccc(-c2nc(C(F)(F)F)nn2COCC[Si](C)(C)C)cc1.O=C=O.O=C=O.O=C=O. The Morgan fingerprint density at radius 2 is 0.785 bits per heavy atom. The van der Waals surface area contributed by atoms with Crippen LogP contribution < -0.4 is 14.2 Å². The standard InChI is InChI=1S/2C25H33F3N4O2Si.C19H19F3N4O.3CO2.CH4/c1-17(2)15-34-22-13-18(3)21(14-29-22)19-7-9-20(10-8-19)23-30-24(25(26,27)28)31-32(23)16-33-11-12-35(4,5)6;1-17(2)15-34-22-13-18(3)21(14-29-22)19-7-9-20(10-8-19)23-30-24(25(26,27)28)32(31-23)16-33-11-12-35(4,5)6;1-11(2)10-27-16-8-12(3)15(9-23-16)13-4-6-14(7-5-13)17-24-18(26-25-17)19(20,21)22;3*2-1-3;/h2*7-10,13-14,17H,11-12,15-16H2,1-6H3;4-9,11H,10H2,1-3H3,(H,24,25,26);;;;1H4. The van der Waals surface area contributed by atoms with Crippen molar-refractivity contribution in [1.29, 1.82) is 0 Å². The lowest BCUT2D eigenvalue weighted by Gasteiger charge is -2.15. The van der Waals surface area contributed by atoms with E-state index in [1.54, 1.807) is 67.1 Å². The number of H-pyrrole nitrogens is 1. The lowest BCUT2D eigenvalue weighted by molar-refractivity contribution is -0.193. The van der Waals surface area contributed by atoms with E-state index in [0.29, 0.717) is 85.1 Å². The quantitative estimate of drug-likeness (QED) is 0.0316. The van der Waals surface area contributed by atoms with E-state index in [2.05, 4.69) is 126 Å². The minimum Gasteiger partial charge on any atom is -0.477 e. The number of aromatic amines is 1. The van der Waals surface area contributed by atoms with E-state index in [4.69, 9.17) is 52.5 Å².